The summed E-state index contributed by atoms with van der Waals surface area (Å²) in [6.07, 6.45) is 2.37. The van der Waals surface area contributed by atoms with Crippen molar-refractivity contribution < 1.29 is 19.1 Å². The van der Waals surface area contributed by atoms with Gasteiger partial charge in [0.05, 0.1) is 18.8 Å². The van der Waals surface area contributed by atoms with Gasteiger partial charge in [-0.05, 0) is 74.7 Å². The monoisotopic (exact) mass is 523 g/mol. The Kier molecular flexibility index (Phi) is 8.13. The summed E-state index contributed by atoms with van der Waals surface area (Å²) in [5.74, 6) is 0.299. The Labute approximate surface area is 220 Å². The summed E-state index contributed by atoms with van der Waals surface area (Å²) in [6.45, 7) is 2.32. The minimum atomic E-state index is -0.677. The number of carbonyl (C=O) groups is 3. The normalized spacial score (nSPS) is 15.2. The number of halogens is 1. The first kappa shape index (κ1) is 26.2. The summed E-state index contributed by atoms with van der Waals surface area (Å²) < 4.78 is 6.73. The number of methoxy groups -OCH3 is 1. The van der Waals surface area contributed by atoms with Gasteiger partial charge in [0.25, 0.3) is 5.91 Å². The first-order chi connectivity index (χ1) is 17.8. The maximum atomic E-state index is 13.8. The number of Topliss-reactive ketones (excluding diaryl/α,β-unsaturated/α-hetero) is 1. The number of primary amides is 1. The Morgan fingerprint density at radius 2 is 1.78 bits per heavy atom. The molecule has 2 aromatic carbocycles. The molecule has 9 nitrogen and oxygen atoms in total. The van der Waals surface area contributed by atoms with Gasteiger partial charge in [-0.15, -0.1) is 11.6 Å². The number of ether oxygens (including phenoxy) is 1. The molecular weight excluding hydrogens is 494 g/mol. The number of fused-ring (bicyclic) bond motifs is 1. The van der Waals surface area contributed by atoms with Gasteiger partial charge in [-0.3, -0.25) is 14.4 Å². The van der Waals surface area contributed by atoms with Crippen LogP contribution in [0.2, 0.25) is 0 Å². The molecule has 0 spiro atoms. The molecule has 10 heteroatoms. The van der Waals surface area contributed by atoms with Crippen LogP contribution in [0.5, 0.6) is 5.75 Å². The molecule has 0 saturated carbocycles. The van der Waals surface area contributed by atoms with Crippen LogP contribution in [-0.2, 0) is 11.2 Å². The third-order valence-electron chi connectivity index (χ3n) is 6.49. The fraction of sp³-hybridized carbons (Fsp3) is 0.333. The molecule has 0 bridgehead atoms. The van der Waals surface area contributed by atoms with E-state index >= 15 is 0 Å². The van der Waals surface area contributed by atoms with Gasteiger partial charge in [0.15, 0.2) is 5.69 Å². The molecule has 1 aliphatic rings. The van der Waals surface area contributed by atoms with Crippen LogP contribution < -0.4 is 20.7 Å². The van der Waals surface area contributed by atoms with Crippen molar-refractivity contribution >= 4 is 40.6 Å². The molecule has 0 aliphatic carbocycles. The van der Waals surface area contributed by atoms with Crippen molar-refractivity contribution in [2.75, 3.05) is 29.8 Å². The SMILES string of the molecule is COc1ccc(-n2nc(C(N)=O)c3c2C(=O)C(C)N(c2ccc(NC(=O)CCCCCl)cc2)CC3)cc1. The van der Waals surface area contributed by atoms with Crippen molar-refractivity contribution in [3.05, 3.63) is 65.5 Å². The average Bonchev–Trinajstić information content (AvgIpc) is 3.23. The minimum absolute atomic E-state index is 0.0614. The van der Waals surface area contributed by atoms with E-state index in [2.05, 4.69) is 10.4 Å². The zero-order valence-electron chi connectivity index (χ0n) is 20.9. The van der Waals surface area contributed by atoms with E-state index in [0.717, 1.165) is 18.5 Å². The second kappa shape index (κ2) is 11.5. The lowest BCUT2D eigenvalue weighted by atomic mass is 10.0. The molecule has 194 valence electrons. The summed E-state index contributed by atoms with van der Waals surface area (Å²) in [5.41, 5.74) is 8.79. The zero-order chi connectivity index (χ0) is 26.5. The molecule has 1 aromatic heterocycles. The summed E-state index contributed by atoms with van der Waals surface area (Å²) in [5, 5.41) is 7.31. The van der Waals surface area contributed by atoms with E-state index in [0.29, 0.717) is 53.6 Å². The van der Waals surface area contributed by atoms with Crippen molar-refractivity contribution in [3.8, 4) is 11.4 Å². The molecule has 3 N–H and O–H groups in total. The van der Waals surface area contributed by atoms with Gasteiger partial charge in [-0.2, -0.15) is 5.10 Å². The summed E-state index contributed by atoms with van der Waals surface area (Å²) in [4.78, 5) is 40.1. The Morgan fingerprint density at radius 3 is 2.41 bits per heavy atom. The molecule has 2 amide bonds. The topological polar surface area (TPSA) is 120 Å². The van der Waals surface area contributed by atoms with Crippen molar-refractivity contribution in [1.29, 1.82) is 0 Å². The number of aromatic nitrogens is 2. The number of amides is 2. The highest BCUT2D eigenvalue weighted by Gasteiger charge is 2.35. The Morgan fingerprint density at radius 1 is 1.11 bits per heavy atom. The number of ketones is 1. The number of carbonyl (C=O) groups excluding carboxylic acids is 3. The molecule has 37 heavy (non-hydrogen) atoms. The smallest absolute Gasteiger partial charge is 0.269 e. The van der Waals surface area contributed by atoms with Gasteiger partial charge >= 0.3 is 0 Å². The van der Waals surface area contributed by atoms with Crippen LogP contribution in [-0.4, -0.2) is 53.0 Å². The number of benzene rings is 2. The zero-order valence-corrected chi connectivity index (χ0v) is 21.6. The molecule has 0 saturated heterocycles. The first-order valence-corrected chi connectivity index (χ1v) is 12.7. The van der Waals surface area contributed by atoms with Crippen molar-refractivity contribution in [3.63, 3.8) is 0 Å². The van der Waals surface area contributed by atoms with Gasteiger partial charge in [0.1, 0.15) is 11.4 Å². The lowest BCUT2D eigenvalue weighted by Gasteiger charge is -2.28. The minimum Gasteiger partial charge on any atom is -0.497 e. The molecule has 2 heterocycles. The Bertz CT molecular complexity index is 1290. The number of alkyl halides is 1. The van der Waals surface area contributed by atoms with Crippen molar-refractivity contribution in [2.24, 2.45) is 5.73 Å². The number of hydrogen-bond acceptors (Lipinski definition) is 6. The highest BCUT2D eigenvalue weighted by atomic mass is 35.5. The van der Waals surface area contributed by atoms with Crippen LogP contribution in [0.1, 0.15) is 52.7 Å². The van der Waals surface area contributed by atoms with Crippen LogP contribution >= 0.6 is 11.6 Å². The second-order valence-electron chi connectivity index (χ2n) is 8.87. The molecule has 0 fully saturated rings. The number of hydrogen-bond donors (Lipinski definition) is 2. The fourth-order valence-electron chi connectivity index (χ4n) is 4.51. The number of anilines is 2. The molecule has 1 unspecified atom stereocenters. The second-order valence-corrected chi connectivity index (χ2v) is 9.25. The van der Waals surface area contributed by atoms with Crippen LogP contribution in [0.25, 0.3) is 5.69 Å². The highest BCUT2D eigenvalue weighted by Crippen LogP contribution is 2.30. The largest absolute Gasteiger partial charge is 0.497 e. The number of nitrogens with two attached hydrogens (primary N) is 1. The van der Waals surface area contributed by atoms with Gasteiger partial charge in [0, 0.05) is 35.8 Å². The molecule has 1 atom stereocenters. The van der Waals surface area contributed by atoms with Crippen LogP contribution in [0.15, 0.2) is 48.5 Å². The predicted octanol–water partition coefficient (Wildman–Crippen LogP) is 3.96. The van der Waals surface area contributed by atoms with Crippen LogP contribution in [0.3, 0.4) is 0 Å². The third kappa shape index (κ3) is 5.61. The Balaban J connectivity index is 1.60. The lowest BCUT2D eigenvalue weighted by molar-refractivity contribution is -0.116. The van der Waals surface area contributed by atoms with E-state index in [1.807, 2.05) is 36.1 Å². The number of nitrogens with zero attached hydrogens (tertiary/aromatic N) is 3. The summed E-state index contributed by atoms with van der Waals surface area (Å²) in [6, 6.07) is 13.9. The van der Waals surface area contributed by atoms with E-state index in [-0.39, 0.29) is 17.4 Å². The van der Waals surface area contributed by atoms with Crippen LogP contribution in [0, 0.1) is 0 Å². The lowest BCUT2D eigenvalue weighted by Crippen LogP contribution is -2.39. The molecule has 0 radical (unpaired) electrons. The van der Waals surface area contributed by atoms with Crippen molar-refractivity contribution in [1.82, 2.24) is 9.78 Å². The van der Waals surface area contributed by atoms with Gasteiger partial charge < -0.3 is 20.7 Å². The van der Waals surface area contributed by atoms with E-state index < -0.39 is 11.9 Å². The molecule has 1 aliphatic heterocycles. The molecule has 4 rings (SSSR count). The van der Waals surface area contributed by atoms with E-state index in [9.17, 15) is 14.4 Å². The average molecular weight is 524 g/mol. The maximum absolute atomic E-state index is 13.8. The van der Waals surface area contributed by atoms with Gasteiger partial charge in [0.2, 0.25) is 11.7 Å². The Hall–Kier alpha value is -3.85. The molecular formula is C27H30ClN5O4. The van der Waals surface area contributed by atoms with Crippen LogP contribution in [0.4, 0.5) is 11.4 Å². The molecule has 3 aromatic rings. The number of nitrogens with one attached hydrogen (secondary N) is 1. The predicted molar refractivity (Wildman–Crippen MR) is 143 cm³/mol. The van der Waals surface area contributed by atoms with E-state index in [4.69, 9.17) is 22.1 Å². The summed E-state index contributed by atoms with van der Waals surface area (Å²) >= 11 is 5.67. The van der Waals surface area contributed by atoms with Gasteiger partial charge in [-0.25, -0.2) is 4.68 Å². The fourth-order valence-corrected chi connectivity index (χ4v) is 4.70. The standard InChI is InChI=1S/C27H30ClN5O4/c1-17-26(35)25-22(24(27(29)36)31-33(25)20-10-12-21(37-2)13-11-20)14-16-32(17)19-8-6-18(7-9-19)30-23(34)5-3-4-15-28/h6-13,17H,3-5,14-16H2,1-2H3,(H2,29,36)(H,30,34). The quantitative estimate of drug-likeness (QED) is 0.323. The summed E-state index contributed by atoms with van der Waals surface area (Å²) in [7, 11) is 1.57. The third-order valence-corrected chi connectivity index (χ3v) is 6.75. The van der Waals surface area contributed by atoms with Crippen molar-refractivity contribution in [2.45, 2.75) is 38.6 Å². The maximum Gasteiger partial charge on any atom is 0.269 e. The highest BCUT2D eigenvalue weighted by molar-refractivity contribution is 6.17. The number of unbranched alkanes of at least 4 members (excludes halogenated alkanes) is 1. The van der Waals surface area contributed by atoms with E-state index in [1.165, 1.54) is 4.68 Å². The van der Waals surface area contributed by atoms with E-state index in [1.54, 1.807) is 31.4 Å². The van der Waals surface area contributed by atoms with Gasteiger partial charge in [-0.1, -0.05) is 0 Å². The first-order valence-electron chi connectivity index (χ1n) is 12.2. The number of rotatable bonds is 9.